The van der Waals surface area contributed by atoms with Crippen molar-refractivity contribution in [1.82, 2.24) is 4.90 Å². The van der Waals surface area contributed by atoms with E-state index < -0.39 is 22.6 Å². The maximum absolute atomic E-state index is 12.4. The summed E-state index contributed by atoms with van der Waals surface area (Å²) in [6.07, 6.45) is 0.480. The molecular formula is C21H26N2O5S. The van der Waals surface area contributed by atoms with Crippen molar-refractivity contribution in [1.29, 1.82) is 0 Å². The number of benzene rings is 2. The number of amides is 1. The fourth-order valence-electron chi connectivity index (χ4n) is 2.69. The second-order valence-electron chi connectivity index (χ2n) is 6.67. The summed E-state index contributed by atoms with van der Waals surface area (Å²) >= 11 is 0. The molecule has 156 valence electrons. The van der Waals surface area contributed by atoms with Gasteiger partial charge in [-0.2, -0.15) is 0 Å². The van der Waals surface area contributed by atoms with Crippen LogP contribution in [0.3, 0.4) is 0 Å². The Morgan fingerprint density at radius 2 is 1.79 bits per heavy atom. The van der Waals surface area contributed by atoms with Crippen LogP contribution in [-0.4, -0.2) is 44.6 Å². The first-order valence-corrected chi connectivity index (χ1v) is 11.0. The van der Waals surface area contributed by atoms with E-state index in [2.05, 4.69) is 4.72 Å². The lowest BCUT2D eigenvalue weighted by atomic mass is 10.1. The van der Waals surface area contributed by atoms with Crippen molar-refractivity contribution < 1.29 is 22.7 Å². The number of carbonyl (C=O) groups excluding carboxylic acids is 2. The van der Waals surface area contributed by atoms with Gasteiger partial charge in [-0.05, 0) is 37.1 Å². The predicted octanol–water partition coefficient (Wildman–Crippen LogP) is 3.21. The summed E-state index contributed by atoms with van der Waals surface area (Å²) in [5, 5.41) is 0. The van der Waals surface area contributed by atoms with Crippen molar-refractivity contribution >= 4 is 27.6 Å². The van der Waals surface area contributed by atoms with Gasteiger partial charge in [0.1, 0.15) is 0 Å². The summed E-state index contributed by atoms with van der Waals surface area (Å²) in [6, 6.07) is 15.3. The van der Waals surface area contributed by atoms with Crippen LogP contribution in [0, 0.1) is 0 Å². The van der Waals surface area contributed by atoms with Crippen LogP contribution in [0.1, 0.15) is 42.2 Å². The lowest BCUT2D eigenvalue weighted by Gasteiger charge is -2.25. The Balaban J connectivity index is 1.96. The average Bonchev–Trinajstić information content (AvgIpc) is 2.71. The topological polar surface area (TPSA) is 92.8 Å². The zero-order valence-electron chi connectivity index (χ0n) is 16.8. The Morgan fingerprint density at radius 3 is 2.45 bits per heavy atom. The van der Waals surface area contributed by atoms with Gasteiger partial charge in [0, 0.05) is 12.7 Å². The molecule has 8 heteroatoms. The normalized spacial score (nSPS) is 12.1. The van der Waals surface area contributed by atoms with Crippen molar-refractivity contribution in [2.75, 3.05) is 24.1 Å². The molecule has 0 fully saturated rings. The van der Waals surface area contributed by atoms with Gasteiger partial charge < -0.3 is 9.64 Å². The van der Waals surface area contributed by atoms with Crippen LogP contribution in [-0.2, 0) is 19.6 Å². The van der Waals surface area contributed by atoms with Crippen LogP contribution in [0.4, 0.5) is 5.69 Å². The number of sulfonamides is 1. The molecule has 1 amide bonds. The minimum absolute atomic E-state index is 0.0118. The van der Waals surface area contributed by atoms with Crippen LogP contribution in [0.15, 0.2) is 54.6 Å². The molecule has 0 bridgehead atoms. The quantitative estimate of drug-likeness (QED) is 0.631. The first-order chi connectivity index (χ1) is 13.7. The number of rotatable bonds is 9. The molecule has 1 atom stereocenters. The zero-order chi connectivity index (χ0) is 21.4. The van der Waals surface area contributed by atoms with E-state index in [1.807, 2.05) is 37.3 Å². The number of esters is 1. The Labute approximate surface area is 171 Å². The van der Waals surface area contributed by atoms with E-state index in [0.29, 0.717) is 6.42 Å². The molecular weight excluding hydrogens is 392 g/mol. The van der Waals surface area contributed by atoms with E-state index >= 15 is 0 Å². The van der Waals surface area contributed by atoms with Crippen molar-refractivity contribution in [2.24, 2.45) is 0 Å². The summed E-state index contributed by atoms with van der Waals surface area (Å²) < 4.78 is 31.3. The van der Waals surface area contributed by atoms with E-state index in [1.165, 1.54) is 17.0 Å². The van der Waals surface area contributed by atoms with Gasteiger partial charge in [-0.15, -0.1) is 0 Å². The summed E-state index contributed by atoms with van der Waals surface area (Å²) in [7, 11) is -1.81. The summed E-state index contributed by atoms with van der Waals surface area (Å²) in [5.41, 5.74) is 1.41. The van der Waals surface area contributed by atoms with Gasteiger partial charge in [-0.3, -0.25) is 9.52 Å². The van der Waals surface area contributed by atoms with E-state index in [0.717, 1.165) is 5.56 Å². The van der Waals surface area contributed by atoms with Crippen molar-refractivity contribution in [3.8, 4) is 0 Å². The highest BCUT2D eigenvalue weighted by Gasteiger charge is 2.19. The van der Waals surface area contributed by atoms with Gasteiger partial charge in [0.2, 0.25) is 10.0 Å². The molecule has 29 heavy (non-hydrogen) atoms. The third-order valence-electron chi connectivity index (χ3n) is 4.43. The molecule has 0 saturated carbocycles. The molecule has 2 rings (SSSR count). The summed E-state index contributed by atoms with van der Waals surface area (Å²) in [4.78, 5) is 26.2. The van der Waals surface area contributed by atoms with Crippen LogP contribution in [0.5, 0.6) is 0 Å². The van der Waals surface area contributed by atoms with Gasteiger partial charge in [0.15, 0.2) is 6.61 Å². The molecule has 2 aromatic carbocycles. The lowest BCUT2D eigenvalue weighted by Crippen LogP contribution is -2.33. The van der Waals surface area contributed by atoms with Gasteiger partial charge in [-0.25, -0.2) is 13.2 Å². The minimum Gasteiger partial charge on any atom is -0.452 e. The molecule has 0 spiro atoms. The van der Waals surface area contributed by atoms with Gasteiger partial charge in [0.05, 0.1) is 17.4 Å². The van der Waals surface area contributed by atoms with E-state index in [-0.39, 0.29) is 29.0 Å². The fraction of sp³-hybridized carbons (Fsp3) is 0.333. The molecule has 0 saturated heterocycles. The lowest BCUT2D eigenvalue weighted by molar-refractivity contribution is -0.135. The van der Waals surface area contributed by atoms with Crippen molar-refractivity contribution in [2.45, 2.75) is 26.3 Å². The van der Waals surface area contributed by atoms with Crippen LogP contribution < -0.4 is 4.72 Å². The van der Waals surface area contributed by atoms with Gasteiger partial charge >= 0.3 is 5.97 Å². The maximum atomic E-state index is 12.4. The van der Waals surface area contributed by atoms with Crippen molar-refractivity contribution in [3.63, 3.8) is 0 Å². The Kier molecular flexibility index (Phi) is 7.78. The number of nitrogens with zero attached hydrogens (tertiary/aromatic N) is 1. The molecule has 0 aromatic heterocycles. The molecule has 0 heterocycles. The second-order valence-corrected chi connectivity index (χ2v) is 8.51. The molecule has 7 nitrogen and oxygen atoms in total. The third-order valence-corrected chi connectivity index (χ3v) is 5.92. The molecule has 1 N–H and O–H groups in total. The fourth-order valence-corrected chi connectivity index (χ4v) is 3.82. The first-order valence-electron chi connectivity index (χ1n) is 9.31. The number of anilines is 1. The number of hydrogen-bond donors (Lipinski definition) is 1. The molecule has 0 aliphatic carbocycles. The summed E-state index contributed by atoms with van der Waals surface area (Å²) in [5.74, 6) is -1.05. The van der Waals surface area contributed by atoms with E-state index in [1.54, 1.807) is 26.1 Å². The molecule has 2 aromatic rings. The molecule has 0 aliphatic rings. The first kappa shape index (κ1) is 22.4. The predicted molar refractivity (Wildman–Crippen MR) is 112 cm³/mol. The third kappa shape index (κ3) is 6.60. The average molecular weight is 419 g/mol. The van der Waals surface area contributed by atoms with E-state index in [4.69, 9.17) is 4.74 Å². The molecule has 0 radical (unpaired) electrons. The smallest absolute Gasteiger partial charge is 0.338 e. The van der Waals surface area contributed by atoms with Gasteiger partial charge in [-0.1, -0.05) is 43.3 Å². The highest BCUT2D eigenvalue weighted by atomic mass is 32.2. The second kappa shape index (κ2) is 10.1. The Hall–Kier alpha value is -2.87. The number of hydrogen-bond acceptors (Lipinski definition) is 5. The number of carbonyl (C=O) groups is 2. The molecule has 1 unspecified atom stereocenters. The van der Waals surface area contributed by atoms with Gasteiger partial charge in [0.25, 0.3) is 5.91 Å². The van der Waals surface area contributed by atoms with Crippen LogP contribution in [0.25, 0.3) is 0 Å². The maximum Gasteiger partial charge on any atom is 0.338 e. The van der Waals surface area contributed by atoms with Crippen molar-refractivity contribution in [3.05, 3.63) is 65.7 Å². The SMILES string of the molecule is CCCS(=O)(=O)Nc1cccc(C(=O)OCC(=O)N(C)C(C)c2ccccc2)c1. The van der Waals surface area contributed by atoms with Crippen LogP contribution in [0.2, 0.25) is 0 Å². The largest absolute Gasteiger partial charge is 0.452 e. The monoisotopic (exact) mass is 418 g/mol. The standard InChI is InChI=1S/C21H26N2O5S/c1-4-13-29(26,27)22-19-12-8-11-18(14-19)21(25)28-15-20(24)23(3)16(2)17-9-6-5-7-10-17/h5-12,14,16,22H,4,13,15H2,1-3H3. The Bertz CT molecular complexity index is 945. The highest BCUT2D eigenvalue weighted by molar-refractivity contribution is 7.92. The number of nitrogens with one attached hydrogen (secondary N) is 1. The molecule has 0 aliphatic heterocycles. The number of likely N-dealkylation sites (N-methyl/N-ethyl adjacent to an activating group) is 1. The van der Waals surface area contributed by atoms with E-state index in [9.17, 15) is 18.0 Å². The summed E-state index contributed by atoms with van der Waals surface area (Å²) in [6.45, 7) is 3.25. The highest BCUT2D eigenvalue weighted by Crippen LogP contribution is 2.18. The zero-order valence-corrected chi connectivity index (χ0v) is 17.6. The minimum atomic E-state index is -3.46. The Morgan fingerprint density at radius 1 is 1.10 bits per heavy atom. The number of ether oxygens (including phenoxy) is 1. The van der Waals surface area contributed by atoms with Crippen LogP contribution >= 0.6 is 0 Å².